The first-order chi connectivity index (χ1) is 16.4. The molecule has 1 aliphatic heterocycles. The Hall–Kier alpha value is -4.20. The Morgan fingerprint density at radius 2 is 1.91 bits per heavy atom. The number of ketones is 1. The van der Waals surface area contributed by atoms with E-state index in [0.717, 1.165) is 11.6 Å². The van der Waals surface area contributed by atoms with Gasteiger partial charge >= 0.3 is 0 Å². The number of methoxy groups -OCH3 is 1. The van der Waals surface area contributed by atoms with E-state index >= 15 is 0 Å². The van der Waals surface area contributed by atoms with Crippen molar-refractivity contribution >= 4 is 17.4 Å². The van der Waals surface area contributed by atoms with Gasteiger partial charge in [0.25, 0.3) is 11.7 Å². The fourth-order valence-electron chi connectivity index (χ4n) is 3.96. The van der Waals surface area contributed by atoms with Crippen LogP contribution in [0.3, 0.4) is 0 Å². The summed E-state index contributed by atoms with van der Waals surface area (Å²) < 4.78 is 24.8. The number of carbonyl (C=O) groups is 2. The van der Waals surface area contributed by atoms with Crippen LogP contribution in [0, 0.1) is 5.82 Å². The molecule has 0 aliphatic carbocycles. The Labute approximate surface area is 196 Å². The van der Waals surface area contributed by atoms with Crippen LogP contribution in [0.5, 0.6) is 11.5 Å². The van der Waals surface area contributed by atoms with Crippen molar-refractivity contribution in [1.29, 1.82) is 0 Å². The molecule has 1 aliphatic rings. The highest BCUT2D eigenvalue weighted by atomic mass is 19.1. The van der Waals surface area contributed by atoms with E-state index in [9.17, 15) is 19.1 Å². The van der Waals surface area contributed by atoms with Crippen molar-refractivity contribution < 1.29 is 28.6 Å². The Morgan fingerprint density at radius 1 is 1.15 bits per heavy atom. The summed E-state index contributed by atoms with van der Waals surface area (Å²) in [6.07, 6.45) is 3.22. The zero-order chi connectivity index (χ0) is 24.2. The number of hydrogen-bond acceptors (Lipinski definition) is 6. The van der Waals surface area contributed by atoms with Crippen molar-refractivity contribution in [3.05, 3.63) is 95.1 Å². The first kappa shape index (κ1) is 23.0. The fourth-order valence-corrected chi connectivity index (χ4v) is 3.96. The summed E-state index contributed by atoms with van der Waals surface area (Å²) in [7, 11) is 1.33. The van der Waals surface area contributed by atoms with Crippen LogP contribution in [0.1, 0.15) is 29.7 Å². The van der Waals surface area contributed by atoms with Crippen molar-refractivity contribution in [3.63, 3.8) is 0 Å². The standard InChI is InChI=1S/C26H23FN2O5/c1-3-34-19-9-6-17(7-10-19)23-22(24(30)18-8-11-21(33-2)20(27)13-18)25(31)26(32)29(23)15-16-5-4-12-28-14-16/h4-14,23,30H,3,15H2,1-2H3. The molecule has 4 rings (SSSR count). The number of aliphatic hydroxyl groups is 1. The average molecular weight is 462 g/mol. The first-order valence-corrected chi connectivity index (χ1v) is 10.7. The summed E-state index contributed by atoms with van der Waals surface area (Å²) in [6.45, 7) is 2.45. The molecule has 1 saturated heterocycles. The third-order valence-corrected chi connectivity index (χ3v) is 5.55. The third-order valence-electron chi connectivity index (χ3n) is 5.55. The van der Waals surface area contributed by atoms with Gasteiger partial charge in [0.1, 0.15) is 11.5 Å². The number of halogens is 1. The topological polar surface area (TPSA) is 89.0 Å². The van der Waals surface area contributed by atoms with Gasteiger partial charge in [-0.15, -0.1) is 0 Å². The van der Waals surface area contributed by atoms with Gasteiger partial charge in [0, 0.05) is 24.5 Å². The molecule has 0 spiro atoms. The van der Waals surface area contributed by atoms with E-state index in [1.807, 2.05) is 6.92 Å². The predicted octanol–water partition coefficient (Wildman–Crippen LogP) is 4.25. The summed E-state index contributed by atoms with van der Waals surface area (Å²) in [6, 6.07) is 13.4. The lowest BCUT2D eigenvalue weighted by atomic mass is 9.95. The highest BCUT2D eigenvalue weighted by Gasteiger charge is 2.46. The van der Waals surface area contributed by atoms with Crippen LogP contribution in [0.2, 0.25) is 0 Å². The number of nitrogens with zero attached hydrogens (tertiary/aromatic N) is 2. The van der Waals surface area contributed by atoms with Crippen molar-refractivity contribution in [2.45, 2.75) is 19.5 Å². The van der Waals surface area contributed by atoms with Crippen LogP contribution in [-0.2, 0) is 16.1 Å². The van der Waals surface area contributed by atoms with Crippen LogP contribution in [0.4, 0.5) is 4.39 Å². The van der Waals surface area contributed by atoms with Crippen molar-refractivity contribution in [2.75, 3.05) is 13.7 Å². The minimum atomic E-state index is -0.888. The number of amides is 1. The molecule has 8 heteroatoms. The molecule has 1 aromatic heterocycles. The molecule has 1 unspecified atom stereocenters. The second-order valence-corrected chi connectivity index (χ2v) is 7.64. The summed E-state index contributed by atoms with van der Waals surface area (Å²) in [4.78, 5) is 31.6. The maximum absolute atomic E-state index is 14.3. The molecule has 0 radical (unpaired) electrons. The molecule has 7 nitrogen and oxygen atoms in total. The van der Waals surface area contributed by atoms with E-state index in [4.69, 9.17) is 9.47 Å². The number of benzene rings is 2. The van der Waals surface area contributed by atoms with Gasteiger partial charge < -0.3 is 19.5 Å². The van der Waals surface area contributed by atoms with E-state index in [2.05, 4.69) is 4.98 Å². The summed E-state index contributed by atoms with van der Waals surface area (Å²) in [5.74, 6) is -2.15. The van der Waals surface area contributed by atoms with Crippen molar-refractivity contribution in [1.82, 2.24) is 9.88 Å². The number of aliphatic hydroxyl groups excluding tert-OH is 1. The molecule has 34 heavy (non-hydrogen) atoms. The lowest BCUT2D eigenvalue weighted by molar-refractivity contribution is -0.140. The molecule has 1 fully saturated rings. The molecule has 2 aromatic carbocycles. The molecule has 1 atom stereocenters. The van der Waals surface area contributed by atoms with Crippen molar-refractivity contribution in [2.24, 2.45) is 0 Å². The maximum atomic E-state index is 14.3. The van der Waals surface area contributed by atoms with E-state index in [1.54, 1.807) is 48.8 Å². The summed E-state index contributed by atoms with van der Waals surface area (Å²) >= 11 is 0. The van der Waals surface area contributed by atoms with Gasteiger partial charge in [-0.1, -0.05) is 18.2 Å². The molecular weight excluding hydrogens is 439 g/mol. The quantitative estimate of drug-likeness (QED) is 0.321. The lowest BCUT2D eigenvalue weighted by Gasteiger charge is -2.25. The monoisotopic (exact) mass is 462 g/mol. The number of aromatic nitrogens is 1. The number of Topliss-reactive ketones (excluding diaryl/α,β-unsaturated/α-hetero) is 1. The summed E-state index contributed by atoms with van der Waals surface area (Å²) in [5.41, 5.74) is 1.26. The second kappa shape index (κ2) is 9.74. The number of carbonyl (C=O) groups excluding carboxylic acids is 2. The molecule has 174 valence electrons. The highest BCUT2D eigenvalue weighted by Crippen LogP contribution is 2.41. The Balaban J connectivity index is 1.84. The molecule has 3 aromatic rings. The van der Waals surface area contributed by atoms with Crippen LogP contribution in [-0.4, -0.2) is 40.4 Å². The number of pyridine rings is 1. The average Bonchev–Trinajstić information content (AvgIpc) is 3.10. The zero-order valence-electron chi connectivity index (χ0n) is 18.7. The SMILES string of the molecule is CCOc1ccc(C2C(=C(O)c3ccc(OC)c(F)c3)C(=O)C(=O)N2Cc2cccnc2)cc1. The smallest absolute Gasteiger partial charge is 0.295 e. The number of ether oxygens (including phenoxy) is 2. The van der Waals surface area contributed by atoms with Gasteiger partial charge in [0.05, 0.1) is 25.3 Å². The van der Waals surface area contributed by atoms with E-state index in [-0.39, 0.29) is 23.4 Å². The highest BCUT2D eigenvalue weighted by molar-refractivity contribution is 6.46. The Kier molecular flexibility index (Phi) is 6.58. The zero-order valence-corrected chi connectivity index (χ0v) is 18.7. The normalized spacial score (nSPS) is 17.1. The van der Waals surface area contributed by atoms with Gasteiger partial charge in [-0.05, 0) is 54.4 Å². The van der Waals surface area contributed by atoms with Crippen LogP contribution in [0.15, 0.2) is 72.6 Å². The number of hydrogen-bond donors (Lipinski definition) is 1. The van der Waals surface area contributed by atoms with E-state index < -0.39 is 29.3 Å². The molecular formula is C26H23FN2O5. The van der Waals surface area contributed by atoms with E-state index in [1.165, 1.54) is 24.1 Å². The molecule has 2 heterocycles. The van der Waals surface area contributed by atoms with Gasteiger partial charge in [0.15, 0.2) is 11.6 Å². The molecule has 0 bridgehead atoms. The predicted molar refractivity (Wildman–Crippen MR) is 123 cm³/mol. The van der Waals surface area contributed by atoms with Crippen molar-refractivity contribution in [3.8, 4) is 11.5 Å². The molecule has 0 saturated carbocycles. The van der Waals surface area contributed by atoms with Gasteiger partial charge in [-0.2, -0.15) is 0 Å². The van der Waals surface area contributed by atoms with Crippen LogP contribution in [0.25, 0.3) is 5.76 Å². The van der Waals surface area contributed by atoms with Crippen LogP contribution < -0.4 is 9.47 Å². The molecule has 1 N–H and O–H groups in total. The fraction of sp³-hybridized carbons (Fsp3) is 0.192. The minimum Gasteiger partial charge on any atom is -0.507 e. The van der Waals surface area contributed by atoms with Crippen LogP contribution >= 0.6 is 0 Å². The summed E-state index contributed by atoms with van der Waals surface area (Å²) in [5, 5.41) is 11.1. The maximum Gasteiger partial charge on any atom is 0.295 e. The Morgan fingerprint density at radius 3 is 2.53 bits per heavy atom. The third kappa shape index (κ3) is 4.34. The van der Waals surface area contributed by atoms with E-state index in [0.29, 0.717) is 17.9 Å². The van der Waals surface area contributed by atoms with Gasteiger partial charge in [-0.3, -0.25) is 14.6 Å². The first-order valence-electron chi connectivity index (χ1n) is 10.7. The minimum absolute atomic E-state index is 0.00311. The lowest BCUT2D eigenvalue weighted by Crippen LogP contribution is -2.29. The Bertz CT molecular complexity index is 1240. The van der Waals surface area contributed by atoms with Gasteiger partial charge in [0.2, 0.25) is 0 Å². The number of rotatable bonds is 7. The molecule has 1 amide bonds. The number of likely N-dealkylation sites (tertiary alicyclic amines) is 1. The largest absolute Gasteiger partial charge is 0.507 e. The second-order valence-electron chi connectivity index (χ2n) is 7.64. The van der Waals surface area contributed by atoms with Gasteiger partial charge in [-0.25, -0.2) is 4.39 Å².